The van der Waals surface area contributed by atoms with Crippen LogP contribution in [0.2, 0.25) is 0 Å². The third kappa shape index (κ3) is 5.70. The highest BCUT2D eigenvalue weighted by Crippen LogP contribution is 2.05. The second-order valence-electron chi connectivity index (χ2n) is 3.31. The van der Waals surface area contributed by atoms with Crippen LogP contribution in [0.1, 0.15) is 0 Å². The standard InChI is InChI=1S/C5H5N3O2.C4H6O6/c6-5-2-1-4(3-7-5)8(9)10;5-1(3(7)8)2(6)4(9)10/h1-3H,(H2,6,7);1-2,5-6H,(H,7,8)(H,9,10)/t;1-,2-/m.1/s1. The van der Waals surface area contributed by atoms with Gasteiger partial charge >= 0.3 is 11.7 Å². The Hall–Kier alpha value is -2.79. The average molecular weight is 289 g/mol. The number of carbonyl (C=O) groups is 2. The van der Waals surface area contributed by atoms with Crippen molar-refractivity contribution < 1.29 is 39.9 Å². The number of carboxylic acids is 2. The summed E-state index contributed by atoms with van der Waals surface area (Å²) < 4.78 is 0. The molecule has 0 saturated heterocycles. The van der Waals surface area contributed by atoms with E-state index < -0.39 is 29.1 Å². The van der Waals surface area contributed by atoms with Crippen molar-refractivity contribution in [2.75, 3.05) is 5.73 Å². The maximum absolute atomic E-state index is 10.1. The highest BCUT2D eigenvalue weighted by Gasteiger charge is 2.23. The molecule has 1 rings (SSSR count). The maximum Gasteiger partial charge on any atom is 0.335 e. The molecule has 0 fully saturated rings. The summed E-state index contributed by atoms with van der Waals surface area (Å²) >= 11 is 0. The van der Waals surface area contributed by atoms with E-state index in [2.05, 4.69) is 4.98 Å². The monoisotopic (exact) mass is 289 g/mol. The van der Waals surface area contributed by atoms with Crippen molar-refractivity contribution in [3.05, 3.63) is 28.4 Å². The minimum absolute atomic E-state index is 0.00852. The summed E-state index contributed by atoms with van der Waals surface area (Å²) in [7, 11) is 0. The van der Waals surface area contributed by atoms with Crippen molar-refractivity contribution in [3.63, 3.8) is 0 Å². The Morgan fingerprint density at radius 2 is 1.85 bits per heavy atom. The zero-order chi connectivity index (χ0) is 15.9. The highest BCUT2D eigenvalue weighted by atomic mass is 16.6. The second kappa shape index (κ2) is 7.60. The molecule has 0 aromatic carbocycles. The van der Waals surface area contributed by atoms with E-state index in [-0.39, 0.29) is 5.69 Å². The number of nitrogens with zero attached hydrogens (tertiary/aromatic N) is 1. The van der Waals surface area contributed by atoms with Gasteiger partial charge in [0.15, 0.2) is 12.3 Å². The average Bonchev–Trinajstić information content (AvgIpc) is 2.38. The quantitative estimate of drug-likeness (QED) is 0.320. The third-order valence-electron chi connectivity index (χ3n) is 1.82. The smallest absolute Gasteiger partial charge is 0.335 e. The number of pyridine rings is 1. The number of carbonyl (C=O) groups excluding carboxylic acids is 1. The first-order valence-corrected chi connectivity index (χ1v) is 4.88. The number of aliphatic hydroxyl groups is 2. The minimum Gasteiger partial charge on any atom is -0.547 e. The van der Waals surface area contributed by atoms with Gasteiger partial charge in [0.25, 0.3) is 5.82 Å². The molecule has 1 aromatic heterocycles. The number of anilines is 1. The molecule has 2 atom stereocenters. The van der Waals surface area contributed by atoms with Gasteiger partial charge in [0.05, 0.1) is 10.9 Å². The Kier molecular flexibility index (Phi) is 6.54. The zero-order valence-corrected chi connectivity index (χ0v) is 9.79. The molecular weight excluding hydrogens is 278 g/mol. The van der Waals surface area contributed by atoms with Crippen LogP contribution in [0.5, 0.6) is 0 Å². The van der Waals surface area contributed by atoms with E-state index in [1.807, 2.05) is 0 Å². The zero-order valence-electron chi connectivity index (χ0n) is 9.79. The number of nitro groups is 1. The molecule has 1 heterocycles. The first-order valence-electron chi connectivity index (χ1n) is 4.88. The SMILES string of the molecule is Nc1ccc([N+](=O)[O-])c[nH+]1.O=C([O-])[C@H](O)[C@@H](O)C(=O)O. The van der Waals surface area contributed by atoms with Gasteiger partial charge in [-0.25, -0.2) is 9.78 Å². The number of rotatable bonds is 4. The Labute approximate surface area is 111 Å². The van der Waals surface area contributed by atoms with Crippen LogP contribution in [0.3, 0.4) is 0 Å². The number of aliphatic carboxylic acids is 2. The molecule has 0 radical (unpaired) electrons. The molecule has 0 spiro atoms. The van der Waals surface area contributed by atoms with Crippen molar-refractivity contribution >= 4 is 23.4 Å². The Balaban J connectivity index is 0.000000361. The summed E-state index contributed by atoms with van der Waals surface area (Å²) in [4.78, 5) is 31.5. The van der Waals surface area contributed by atoms with Crippen LogP contribution in [0.4, 0.5) is 11.5 Å². The first-order chi connectivity index (χ1) is 9.16. The predicted molar refractivity (Wildman–Crippen MR) is 58.7 cm³/mol. The maximum atomic E-state index is 10.1. The minimum atomic E-state index is -2.38. The fourth-order valence-electron chi connectivity index (χ4n) is 0.806. The van der Waals surface area contributed by atoms with Crippen LogP contribution in [0.15, 0.2) is 18.3 Å². The normalized spacial score (nSPS) is 12.5. The predicted octanol–water partition coefficient (Wildman–Crippen LogP) is -3.47. The topological polar surface area (TPSA) is 201 Å². The number of nitrogens with two attached hydrogens (primary N) is 1. The number of nitrogens with one attached hydrogen (secondary N) is 1. The highest BCUT2D eigenvalue weighted by molar-refractivity contribution is 5.82. The van der Waals surface area contributed by atoms with Gasteiger partial charge in [-0.2, -0.15) is 0 Å². The molecule has 11 nitrogen and oxygen atoms in total. The number of hydrogen-bond donors (Lipinski definition) is 4. The molecule has 0 unspecified atom stereocenters. The van der Waals surface area contributed by atoms with Gasteiger partial charge in [-0.15, -0.1) is 0 Å². The number of hydrogen-bond acceptors (Lipinski definition) is 8. The van der Waals surface area contributed by atoms with E-state index in [0.29, 0.717) is 5.82 Å². The number of H-pyrrole nitrogens is 1. The number of nitrogen functional groups attached to an aromatic ring is 1. The van der Waals surface area contributed by atoms with Crippen LogP contribution >= 0.6 is 0 Å². The van der Waals surface area contributed by atoms with Gasteiger partial charge in [-0.3, -0.25) is 15.8 Å². The van der Waals surface area contributed by atoms with Crippen LogP contribution in [-0.2, 0) is 9.59 Å². The lowest BCUT2D eigenvalue weighted by molar-refractivity contribution is -0.413. The first kappa shape index (κ1) is 17.2. The van der Waals surface area contributed by atoms with Gasteiger partial charge in [0.1, 0.15) is 6.10 Å². The molecule has 110 valence electrons. The lowest BCUT2D eigenvalue weighted by Gasteiger charge is -2.13. The van der Waals surface area contributed by atoms with Crippen LogP contribution in [0.25, 0.3) is 0 Å². The lowest BCUT2D eigenvalue weighted by Crippen LogP contribution is -2.46. The summed E-state index contributed by atoms with van der Waals surface area (Å²) in [6, 6.07) is 2.78. The summed E-state index contributed by atoms with van der Waals surface area (Å²) in [6.45, 7) is 0. The Morgan fingerprint density at radius 3 is 2.10 bits per heavy atom. The van der Waals surface area contributed by atoms with Crippen molar-refractivity contribution in [2.24, 2.45) is 0 Å². The van der Waals surface area contributed by atoms with Crippen molar-refractivity contribution in [1.29, 1.82) is 0 Å². The third-order valence-corrected chi connectivity index (χ3v) is 1.82. The fraction of sp³-hybridized carbons (Fsp3) is 0.222. The number of aliphatic hydroxyl groups excluding tert-OH is 2. The Bertz CT molecular complexity index is 470. The largest absolute Gasteiger partial charge is 0.547 e. The van der Waals surface area contributed by atoms with E-state index in [1.54, 1.807) is 0 Å². The van der Waals surface area contributed by atoms with Crippen LogP contribution in [-0.4, -0.2) is 44.4 Å². The molecule has 0 amide bonds. The molecule has 6 N–H and O–H groups in total. The van der Waals surface area contributed by atoms with E-state index in [0.717, 1.165) is 0 Å². The molecular formula is C9H11N3O8. The molecule has 1 aromatic rings. The van der Waals surface area contributed by atoms with Crippen LogP contribution < -0.4 is 15.8 Å². The summed E-state index contributed by atoms with van der Waals surface area (Å²) in [5.41, 5.74) is 5.26. The van der Waals surface area contributed by atoms with E-state index in [1.165, 1.54) is 18.3 Å². The lowest BCUT2D eigenvalue weighted by atomic mass is 10.2. The van der Waals surface area contributed by atoms with Crippen molar-refractivity contribution in [3.8, 4) is 0 Å². The molecule has 0 bridgehead atoms. The van der Waals surface area contributed by atoms with Crippen molar-refractivity contribution in [2.45, 2.75) is 12.2 Å². The van der Waals surface area contributed by atoms with Gasteiger partial charge in [-0.1, -0.05) is 0 Å². The number of carboxylic acid groups (broad SMARTS) is 2. The van der Waals surface area contributed by atoms with E-state index in [4.69, 9.17) is 21.1 Å². The van der Waals surface area contributed by atoms with Crippen LogP contribution in [0, 0.1) is 10.1 Å². The van der Waals surface area contributed by atoms with E-state index in [9.17, 15) is 24.8 Å². The molecule has 0 aliphatic carbocycles. The number of aromatic nitrogens is 1. The molecule has 0 aliphatic heterocycles. The molecule has 0 aliphatic rings. The number of aromatic amines is 1. The van der Waals surface area contributed by atoms with Gasteiger partial charge in [0, 0.05) is 12.1 Å². The second-order valence-corrected chi connectivity index (χ2v) is 3.31. The summed E-state index contributed by atoms with van der Waals surface area (Å²) in [5, 5.41) is 44.2. The molecule has 11 heteroatoms. The van der Waals surface area contributed by atoms with Gasteiger partial charge in [-0.05, 0) is 0 Å². The van der Waals surface area contributed by atoms with Crippen molar-refractivity contribution in [1.82, 2.24) is 0 Å². The fourth-order valence-corrected chi connectivity index (χ4v) is 0.806. The molecule has 20 heavy (non-hydrogen) atoms. The van der Waals surface area contributed by atoms with Gasteiger partial charge < -0.3 is 25.2 Å². The summed E-state index contributed by atoms with van der Waals surface area (Å²) in [6.07, 6.45) is -3.46. The summed E-state index contributed by atoms with van der Waals surface area (Å²) in [5.74, 6) is -3.42. The molecule has 0 saturated carbocycles. The van der Waals surface area contributed by atoms with Gasteiger partial charge in [0.2, 0.25) is 0 Å². The van der Waals surface area contributed by atoms with E-state index >= 15 is 0 Å². The Morgan fingerprint density at radius 1 is 1.30 bits per heavy atom.